The summed E-state index contributed by atoms with van der Waals surface area (Å²) in [5.41, 5.74) is 1.66. The number of para-hydroxylation sites is 1. The van der Waals surface area contributed by atoms with E-state index in [1.807, 2.05) is 19.1 Å². The Kier molecular flexibility index (Phi) is 5.37. The van der Waals surface area contributed by atoms with Gasteiger partial charge in [0.1, 0.15) is 18.0 Å². The average Bonchev–Trinajstić information content (AvgIpc) is 2.64. The molecule has 0 saturated carbocycles. The molecule has 3 rings (SSSR count). The van der Waals surface area contributed by atoms with Gasteiger partial charge in [0.15, 0.2) is 0 Å². The lowest BCUT2D eigenvalue weighted by atomic mass is 10.1. The zero-order valence-corrected chi connectivity index (χ0v) is 16.0. The Bertz CT molecular complexity index is 1080. The molecule has 2 aromatic carbocycles. The van der Waals surface area contributed by atoms with E-state index in [-0.39, 0.29) is 18.0 Å². The van der Waals surface area contributed by atoms with Gasteiger partial charge in [-0.25, -0.2) is 0 Å². The van der Waals surface area contributed by atoms with Crippen LogP contribution in [0.4, 0.5) is 5.69 Å². The molecule has 140 valence electrons. The summed E-state index contributed by atoms with van der Waals surface area (Å²) in [4.78, 5) is 25.1. The molecule has 0 fully saturated rings. The van der Waals surface area contributed by atoms with Crippen molar-refractivity contribution in [1.82, 2.24) is 4.57 Å². The predicted molar refractivity (Wildman–Crippen MR) is 106 cm³/mol. The Balaban J connectivity index is 1.95. The molecule has 0 bridgehead atoms. The van der Waals surface area contributed by atoms with Gasteiger partial charge in [0.05, 0.1) is 24.8 Å². The van der Waals surface area contributed by atoms with Crippen LogP contribution in [0.3, 0.4) is 0 Å². The summed E-state index contributed by atoms with van der Waals surface area (Å²) < 4.78 is 11.9. The topological polar surface area (TPSA) is 69.6 Å². The normalized spacial score (nSPS) is 10.7. The van der Waals surface area contributed by atoms with E-state index in [4.69, 9.17) is 21.1 Å². The number of aromatic nitrogens is 1. The van der Waals surface area contributed by atoms with Gasteiger partial charge in [-0.2, -0.15) is 0 Å². The van der Waals surface area contributed by atoms with Gasteiger partial charge in [-0.05, 0) is 36.8 Å². The predicted octanol–water partition coefficient (Wildman–Crippen LogP) is 3.62. The number of benzene rings is 2. The van der Waals surface area contributed by atoms with E-state index >= 15 is 0 Å². The van der Waals surface area contributed by atoms with Gasteiger partial charge in [-0.1, -0.05) is 23.7 Å². The molecule has 0 aliphatic rings. The number of carbonyl (C=O) groups is 1. The van der Waals surface area contributed by atoms with Gasteiger partial charge >= 0.3 is 0 Å². The molecule has 0 atom stereocenters. The SMILES string of the molecule is COc1ccc(NC(=O)Cn2c(=O)cc(C)c3cccc(OC)c32)cc1Cl. The quantitative estimate of drug-likeness (QED) is 0.727. The molecule has 6 nitrogen and oxygen atoms in total. The summed E-state index contributed by atoms with van der Waals surface area (Å²) in [6, 6.07) is 12.0. The Morgan fingerprint density at radius 1 is 1.11 bits per heavy atom. The molecule has 0 unspecified atom stereocenters. The first-order chi connectivity index (χ1) is 12.9. The lowest BCUT2D eigenvalue weighted by Gasteiger charge is -2.15. The second-order valence-electron chi connectivity index (χ2n) is 6.01. The second kappa shape index (κ2) is 7.72. The van der Waals surface area contributed by atoms with Crippen molar-refractivity contribution in [1.29, 1.82) is 0 Å². The standard InChI is InChI=1S/C20H19ClN2O4/c1-12-9-19(25)23(20-14(12)5-4-6-17(20)27-3)11-18(24)22-13-7-8-16(26-2)15(21)10-13/h4-10H,11H2,1-3H3,(H,22,24). The van der Waals surface area contributed by atoms with Gasteiger partial charge < -0.3 is 14.8 Å². The molecule has 7 heteroatoms. The molecule has 27 heavy (non-hydrogen) atoms. The van der Waals surface area contributed by atoms with Crippen LogP contribution in [-0.2, 0) is 11.3 Å². The highest BCUT2D eigenvalue weighted by Crippen LogP contribution is 2.28. The van der Waals surface area contributed by atoms with Crippen LogP contribution in [0.25, 0.3) is 10.9 Å². The molecule has 0 saturated heterocycles. The molecule has 0 aliphatic carbocycles. The molecule has 0 spiro atoms. The zero-order chi connectivity index (χ0) is 19.6. The maximum Gasteiger partial charge on any atom is 0.251 e. The molecule has 3 aromatic rings. The maximum absolute atomic E-state index is 12.5. The fraction of sp³-hybridized carbons (Fsp3) is 0.200. The highest BCUT2D eigenvalue weighted by molar-refractivity contribution is 6.32. The molecule has 1 aromatic heterocycles. The first-order valence-electron chi connectivity index (χ1n) is 8.25. The van der Waals surface area contributed by atoms with Crippen LogP contribution in [0.1, 0.15) is 5.56 Å². The molecule has 1 N–H and O–H groups in total. The van der Waals surface area contributed by atoms with Crippen LogP contribution in [0.15, 0.2) is 47.3 Å². The number of nitrogens with zero attached hydrogens (tertiary/aromatic N) is 1. The third-order valence-corrected chi connectivity index (χ3v) is 4.55. The van der Waals surface area contributed by atoms with Gasteiger partial charge in [0.25, 0.3) is 5.56 Å². The number of hydrogen-bond acceptors (Lipinski definition) is 4. The van der Waals surface area contributed by atoms with Gasteiger partial charge in [0, 0.05) is 17.1 Å². The molecule has 0 radical (unpaired) electrons. The average molecular weight is 387 g/mol. The summed E-state index contributed by atoms with van der Waals surface area (Å²) >= 11 is 6.09. The van der Waals surface area contributed by atoms with E-state index in [2.05, 4.69) is 5.32 Å². The van der Waals surface area contributed by atoms with Gasteiger partial charge in [-0.15, -0.1) is 0 Å². The largest absolute Gasteiger partial charge is 0.495 e. The van der Waals surface area contributed by atoms with Gasteiger partial charge in [-0.3, -0.25) is 14.2 Å². The van der Waals surface area contributed by atoms with E-state index in [1.165, 1.54) is 24.9 Å². The molecule has 1 amide bonds. The summed E-state index contributed by atoms with van der Waals surface area (Å²) in [5.74, 6) is 0.697. The minimum absolute atomic E-state index is 0.153. The van der Waals surface area contributed by atoms with Crippen molar-refractivity contribution in [3.8, 4) is 11.5 Å². The van der Waals surface area contributed by atoms with Crippen molar-refractivity contribution in [3.63, 3.8) is 0 Å². The van der Waals surface area contributed by atoms with Crippen molar-refractivity contribution in [2.24, 2.45) is 0 Å². The minimum atomic E-state index is -0.352. The van der Waals surface area contributed by atoms with Gasteiger partial charge in [0.2, 0.25) is 5.91 Å². The zero-order valence-electron chi connectivity index (χ0n) is 15.2. The second-order valence-corrected chi connectivity index (χ2v) is 6.41. The fourth-order valence-electron chi connectivity index (χ4n) is 2.98. The van der Waals surface area contributed by atoms with E-state index in [0.717, 1.165) is 10.9 Å². The number of fused-ring (bicyclic) bond motifs is 1. The van der Waals surface area contributed by atoms with Crippen molar-refractivity contribution in [3.05, 3.63) is 63.4 Å². The Morgan fingerprint density at radius 2 is 1.85 bits per heavy atom. The van der Waals surface area contributed by atoms with Crippen molar-refractivity contribution < 1.29 is 14.3 Å². The van der Waals surface area contributed by atoms with Crippen LogP contribution in [-0.4, -0.2) is 24.7 Å². The van der Waals surface area contributed by atoms with Crippen molar-refractivity contribution in [2.45, 2.75) is 13.5 Å². The first-order valence-corrected chi connectivity index (χ1v) is 8.63. The third-order valence-electron chi connectivity index (χ3n) is 4.26. The Labute approximate surface area is 161 Å². The fourth-order valence-corrected chi connectivity index (χ4v) is 3.24. The molecular formula is C20H19ClN2O4. The van der Waals surface area contributed by atoms with Crippen LogP contribution >= 0.6 is 11.6 Å². The smallest absolute Gasteiger partial charge is 0.251 e. The number of aryl methyl sites for hydroxylation is 1. The summed E-state index contributed by atoms with van der Waals surface area (Å²) in [5, 5.41) is 3.99. The van der Waals surface area contributed by atoms with E-state index in [0.29, 0.717) is 27.7 Å². The monoisotopic (exact) mass is 386 g/mol. The first kappa shape index (κ1) is 18.8. The number of amides is 1. The van der Waals surface area contributed by atoms with E-state index in [9.17, 15) is 9.59 Å². The van der Waals surface area contributed by atoms with Crippen LogP contribution in [0.5, 0.6) is 11.5 Å². The summed E-state index contributed by atoms with van der Waals surface area (Å²) in [6.07, 6.45) is 0. The molecule has 1 heterocycles. The van der Waals surface area contributed by atoms with Crippen LogP contribution < -0.4 is 20.3 Å². The number of nitrogens with one attached hydrogen (secondary N) is 1. The van der Waals surface area contributed by atoms with Crippen molar-refractivity contribution in [2.75, 3.05) is 19.5 Å². The highest BCUT2D eigenvalue weighted by Gasteiger charge is 2.14. The molecule has 0 aliphatic heterocycles. The summed E-state index contributed by atoms with van der Waals surface area (Å²) in [6.45, 7) is 1.70. The van der Waals surface area contributed by atoms with E-state index < -0.39 is 0 Å². The number of hydrogen-bond donors (Lipinski definition) is 1. The number of anilines is 1. The number of pyridine rings is 1. The number of ether oxygens (including phenoxy) is 2. The third kappa shape index (κ3) is 3.75. The number of methoxy groups -OCH3 is 2. The minimum Gasteiger partial charge on any atom is -0.495 e. The number of rotatable bonds is 5. The number of halogens is 1. The molecular weight excluding hydrogens is 368 g/mol. The lowest BCUT2D eigenvalue weighted by Crippen LogP contribution is -2.28. The summed E-state index contributed by atoms with van der Waals surface area (Å²) in [7, 11) is 3.05. The Hall–Kier alpha value is -2.99. The lowest BCUT2D eigenvalue weighted by molar-refractivity contribution is -0.116. The maximum atomic E-state index is 12.5. The van der Waals surface area contributed by atoms with Crippen molar-refractivity contribution >= 4 is 34.1 Å². The van der Waals surface area contributed by atoms with Crippen LogP contribution in [0.2, 0.25) is 5.02 Å². The van der Waals surface area contributed by atoms with E-state index in [1.54, 1.807) is 24.3 Å². The number of carbonyl (C=O) groups excluding carboxylic acids is 1. The Morgan fingerprint density at radius 3 is 2.52 bits per heavy atom. The highest BCUT2D eigenvalue weighted by atomic mass is 35.5. The van der Waals surface area contributed by atoms with Crippen LogP contribution in [0, 0.1) is 6.92 Å².